The number of rotatable bonds is 8. The zero-order valence-electron chi connectivity index (χ0n) is 19.8. The minimum Gasteiger partial charge on any atom is -0.479 e. The van der Waals surface area contributed by atoms with Gasteiger partial charge < -0.3 is 20.1 Å². The predicted octanol–water partition coefficient (Wildman–Crippen LogP) is 4.55. The van der Waals surface area contributed by atoms with Crippen molar-refractivity contribution in [1.82, 2.24) is 10.2 Å². The molecular formula is C27H32N2O5. The number of aliphatic carboxylic acids is 1. The van der Waals surface area contributed by atoms with Gasteiger partial charge in [-0.3, -0.25) is 4.79 Å². The summed E-state index contributed by atoms with van der Waals surface area (Å²) in [5.74, 6) is -1.24. The zero-order valence-corrected chi connectivity index (χ0v) is 19.8. The fraction of sp³-hybridized carbons (Fsp3) is 0.444. The summed E-state index contributed by atoms with van der Waals surface area (Å²) in [6, 6.07) is 15.9. The first-order chi connectivity index (χ1) is 16.4. The quantitative estimate of drug-likeness (QED) is 0.598. The minimum absolute atomic E-state index is 0.0369. The normalized spacial score (nSPS) is 19.9. The lowest BCUT2D eigenvalue weighted by molar-refractivity contribution is -0.157. The number of hydrogen-bond donors (Lipinski definition) is 2. The highest BCUT2D eigenvalue weighted by Gasteiger charge is 2.48. The van der Waals surface area contributed by atoms with Gasteiger partial charge >= 0.3 is 12.1 Å². The molecule has 0 spiro atoms. The van der Waals surface area contributed by atoms with Crippen LogP contribution in [0.4, 0.5) is 4.79 Å². The molecule has 2 aromatic carbocycles. The van der Waals surface area contributed by atoms with E-state index >= 15 is 0 Å². The van der Waals surface area contributed by atoms with Crippen molar-refractivity contribution in [2.45, 2.75) is 63.5 Å². The van der Waals surface area contributed by atoms with E-state index in [0.717, 1.165) is 22.3 Å². The van der Waals surface area contributed by atoms with Crippen molar-refractivity contribution < 1.29 is 24.2 Å². The second-order valence-electron chi connectivity index (χ2n) is 9.12. The molecule has 0 bridgehead atoms. The molecule has 34 heavy (non-hydrogen) atoms. The number of fused-ring (bicyclic) bond motifs is 3. The van der Waals surface area contributed by atoms with Gasteiger partial charge in [0.1, 0.15) is 12.1 Å². The molecule has 1 aliphatic heterocycles. The van der Waals surface area contributed by atoms with Crippen LogP contribution >= 0.6 is 0 Å². The van der Waals surface area contributed by atoms with Crippen molar-refractivity contribution in [3.05, 3.63) is 59.7 Å². The number of nitrogens with one attached hydrogen (secondary N) is 1. The van der Waals surface area contributed by atoms with Crippen molar-refractivity contribution in [2.24, 2.45) is 0 Å². The van der Waals surface area contributed by atoms with E-state index in [1.165, 1.54) is 4.90 Å². The van der Waals surface area contributed by atoms with Crippen LogP contribution in [-0.4, -0.2) is 52.7 Å². The van der Waals surface area contributed by atoms with E-state index in [2.05, 4.69) is 29.6 Å². The Morgan fingerprint density at radius 1 is 1.09 bits per heavy atom. The summed E-state index contributed by atoms with van der Waals surface area (Å²) in [5, 5.41) is 12.6. The summed E-state index contributed by atoms with van der Waals surface area (Å²) in [6.07, 6.45) is 1.52. The third-order valence-electron chi connectivity index (χ3n) is 7.35. The Labute approximate surface area is 200 Å². The molecule has 4 rings (SSSR count). The molecule has 0 aromatic heterocycles. The summed E-state index contributed by atoms with van der Waals surface area (Å²) >= 11 is 0. The average Bonchev–Trinajstić information content (AvgIpc) is 3.43. The Hall–Kier alpha value is -3.35. The maximum absolute atomic E-state index is 13.0. The third-order valence-corrected chi connectivity index (χ3v) is 7.35. The predicted molar refractivity (Wildman–Crippen MR) is 129 cm³/mol. The molecule has 7 nitrogen and oxygen atoms in total. The van der Waals surface area contributed by atoms with Crippen LogP contribution in [-0.2, 0) is 14.3 Å². The third kappa shape index (κ3) is 4.27. The van der Waals surface area contributed by atoms with Crippen LogP contribution in [0, 0.1) is 0 Å². The number of likely N-dealkylation sites (tertiary alicyclic amines) is 1. The summed E-state index contributed by atoms with van der Waals surface area (Å²) in [5.41, 5.74) is 3.45. The van der Waals surface area contributed by atoms with Gasteiger partial charge in [-0.25, -0.2) is 9.59 Å². The van der Waals surface area contributed by atoms with Gasteiger partial charge in [-0.1, -0.05) is 62.4 Å². The smallest absolute Gasteiger partial charge is 0.407 e. The van der Waals surface area contributed by atoms with Crippen LogP contribution < -0.4 is 5.32 Å². The number of carboxylic acid groups (broad SMARTS) is 1. The molecule has 1 unspecified atom stereocenters. The molecule has 0 saturated carbocycles. The number of benzene rings is 2. The first-order valence-corrected chi connectivity index (χ1v) is 12.1. The fourth-order valence-corrected chi connectivity index (χ4v) is 5.41. The van der Waals surface area contributed by atoms with Crippen molar-refractivity contribution >= 4 is 18.0 Å². The van der Waals surface area contributed by atoms with E-state index in [-0.39, 0.29) is 24.9 Å². The Balaban J connectivity index is 1.37. The number of ether oxygens (including phenoxy) is 1. The van der Waals surface area contributed by atoms with E-state index in [4.69, 9.17) is 4.74 Å². The maximum atomic E-state index is 13.0. The number of alkyl carbamates (subject to hydrolysis) is 1. The summed E-state index contributed by atoms with van der Waals surface area (Å²) in [4.78, 5) is 39.0. The zero-order chi connectivity index (χ0) is 24.3. The highest BCUT2D eigenvalue weighted by atomic mass is 16.5. The fourth-order valence-electron chi connectivity index (χ4n) is 5.41. The first-order valence-electron chi connectivity index (χ1n) is 12.1. The summed E-state index contributed by atoms with van der Waals surface area (Å²) in [7, 11) is 0. The number of nitrogens with zero attached hydrogens (tertiary/aromatic N) is 1. The molecule has 2 N–H and O–H groups in total. The second kappa shape index (κ2) is 9.87. The molecule has 1 heterocycles. The number of carboxylic acids is 1. The number of carbonyl (C=O) groups excluding carboxylic acids is 2. The van der Waals surface area contributed by atoms with Crippen LogP contribution in [0.15, 0.2) is 48.5 Å². The van der Waals surface area contributed by atoms with Crippen LogP contribution in [0.2, 0.25) is 0 Å². The van der Waals surface area contributed by atoms with E-state index in [0.29, 0.717) is 32.2 Å². The number of amides is 2. The lowest BCUT2D eigenvalue weighted by Crippen LogP contribution is -2.54. The lowest BCUT2D eigenvalue weighted by Gasteiger charge is -2.34. The van der Waals surface area contributed by atoms with Gasteiger partial charge in [-0.2, -0.15) is 0 Å². The number of carbonyl (C=O) groups is 3. The molecule has 0 radical (unpaired) electrons. The van der Waals surface area contributed by atoms with Crippen molar-refractivity contribution in [1.29, 1.82) is 0 Å². The Morgan fingerprint density at radius 3 is 2.26 bits per heavy atom. The highest BCUT2D eigenvalue weighted by molar-refractivity contribution is 5.88. The maximum Gasteiger partial charge on any atom is 0.407 e. The monoisotopic (exact) mass is 464 g/mol. The molecule has 2 aromatic rings. The molecule has 180 valence electrons. The largest absolute Gasteiger partial charge is 0.479 e. The van der Waals surface area contributed by atoms with E-state index in [1.807, 2.05) is 31.2 Å². The van der Waals surface area contributed by atoms with Crippen LogP contribution in [0.1, 0.15) is 63.0 Å². The van der Waals surface area contributed by atoms with E-state index in [1.54, 1.807) is 6.92 Å². The van der Waals surface area contributed by atoms with E-state index in [9.17, 15) is 19.5 Å². The minimum atomic E-state index is -1.14. The number of hydrogen-bond acceptors (Lipinski definition) is 4. The Kier molecular flexibility index (Phi) is 6.91. The lowest BCUT2D eigenvalue weighted by atomic mass is 9.92. The van der Waals surface area contributed by atoms with Gasteiger partial charge in [0.25, 0.3) is 0 Å². The van der Waals surface area contributed by atoms with Crippen molar-refractivity contribution in [3.8, 4) is 11.1 Å². The van der Waals surface area contributed by atoms with Gasteiger partial charge in [-0.05, 0) is 47.9 Å². The van der Waals surface area contributed by atoms with Gasteiger partial charge in [-0.15, -0.1) is 0 Å². The molecule has 1 fully saturated rings. The molecule has 1 aliphatic carbocycles. The van der Waals surface area contributed by atoms with E-state index < -0.39 is 23.6 Å². The second-order valence-corrected chi connectivity index (χ2v) is 9.12. The molecule has 1 saturated heterocycles. The first kappa shape index (κ1) is 23.8. The topological polar surface area (TPSA) is 95.9 Å². The van der Waals surface area contributed by atoms with Crippen LogP contribution in [0.25, 0.3) is 11.1 Å². The molecule has 7 heteroatoms. The SMILES string of the molecule is CC[C@@H](CC(=O)N1CCCC1(CC)C(=O)O)NC(=O)OCC1c2ccccc2-c2ccccc21. The van der Waals surface area contributed by atoms with Gasteiger partial charge in [0.2, 0.25) is 5.91 Å². The highest BCUT2D eigenvalue weighted by Crippen LogP contribution is 2.44. The van der Waals surface area contributed by atoms with Gasteiger partial charge in [0.05, 0.1) is 0 Å². The summed E-state index contributed by atoms with van der Waals surface area (Å²) in [6.45, 7) is 4.32. The van der Waals surface area contributed by atoms with Crippen LogP contribution in [0.3, 0.4) is 0 Å². The molecule has 2 atom stereocenters. The molecular weight excluding hydrogens is 432 g/mol. The molecule has 2 amide bonds. The average molecular weight is 465 g/mol. The van der Waals surface area contributed by atoms with Gasteiger partial charge in [0.15, 0.2) is 0 Å². The molecule has 2 aliphatic rings. The van der Waals surface area contributed by atoms with Gasteiger partial charge in [0, 0.05) is 24.9 Å². The van der Waals surface area contributed by atoms with Crippen molar-refractivity contribution in [2.75, 3.05) is 13.2 Å². The standard InChI is InChI=1S/C27H32N2O5/c1-3-18(16-24(30)29-15-9-14-27(29,4-2)25(31)32)28-26(33)34-17-23-21-12-7-5-10-19(21)20-11-6-8-13-22(20)23/h5-8,10-13,18,23H,3-4,9,14-17H2,1-2H3,(H,28,33)(H,31,32)/t18-,27?/m0/s1. The Morgan fingerprint density at radius 2 is 1.71 bits per heavy atom. The van der Waals surface area contributed by atoms with Crippen LogP contribution in [0.5, 0.6) is 0 Å². The summed E-state index contributed by atoms with van der Waals surface area (Å²) < 4.78 is 5.61. The van der Waals surface area contributed by atoms with Crippen molar-refractivity contribution in [3.63, 3.8) is 0 Å². The Bertz CT molecular complexity index is 1040.